The van der Waals surface area contributed by atoms with Crippen molar-refractivity contribution in [2.75, 3.05) is 0 Å². The molecule has 2 aliphatic rings. The van der Waals surface area contributed by atoms with Gasteiger partial charge in [-0.2, -0.15) is 13.2 Å². The van der Waals surface area contributed by atoms with Crippen LogP contribution in [0.1, 0.15) is 56.9 Å². The summed E-state index contributed by atoms with van der Waals surface area (Å²) in [4.78, 5) is 13.1. The predicted octanol–water partition coefficient (Wildman–Crippen LogP) is 5.50. The van der Waals surface area contributed by atoms with Gasteiger partial charge in [-0.3, -0.25) is 4.79 Å². The van der Waals surface area contributed by atoms with Crippen LogP contribution in [-0.4, -0.2) is 18.1 Å². The van der Waals surface area contributed by atoms with E-state index in [1.165, 1.54) is 0 Å². The van der Waals surface area contributed by atoms with Crippen LogP contribution in [0, 0.1) is 5.92 Å². The first-order valence-corrected chi connectivity index (χ1v) is 9.74. The number of amides is 1. The molecule has 0 heterocycles. The molecule has 2 unspecified atom stereocenters. The quantitative estimate of drug-likeness (QED) is 0.690. The second-order valence-electron chi connectivity index (χ2n) is 7.37. The van der Waals surface area contributed by atoms with Crippen LogP contribution in [0.15, 0.2) is 28.7 Å². The van der Waals surface area contributed by atoms with E-state index in [1.54, 1.807) is 0 Å². The van der Waals surface area contributed by atoms with Crippen LogP contribution in [0.5, 0.6) is 0 Å². The Hall–Kier alpha value is -1.04. The second kappa shape index (κ2) is 7.29. The third-order valence-corrected chi connectivity index (χ3v) is 6.29. The fraction of sp³-hybridized carbons (Fsp3) is 0.632. The van der Waals surface area contributed by atoms with E-state index >= 15 is 0 Å². The highest BCUT2D eigenvalue weighted by Gasteiger charge is 2.46. The Morgan fingerprint density at radius 3 is 2.32 bits per heavy atom. The molecule has 0 saturated heterocycles. The average Bonchev–Trinajstić information content (AvgIpc) is 3.06. The van der Waals surface area contributed by atoms with Gasteiger partial charge in [0, 0.05) is 10.5 Å². The summed E-state index contributed by atoms with van der Waals surface area (Å²) in [6.07, 6.45) is 0.624. The van der Waals surface area contributed by atoms with Crippen LogP contribution in [0.2, 0.25) is 0 Å². The van der Waals surface area contributed by atoms with Gasteiger partial charge in [-0.1, -0.05) is 47.3 Å². The monoisotopic (exact) mass is 417 g/mol. The maximum Gasteiger partial charge on any atom is 0.391 e. The topological polar surface area (TPSA) is 29.1 Å². The first-order valence-electron chi connectivity index (χ1n) is 8.95. The Morgan fingerprint density at radius 2 is 1.72 bits per heavy atom. The lowest BCUT2D eigenvalue weighted by Gasteiger charge is -2.35. The van der Waals surface area contributed by atoms with Gasteiger partial charge in [-0.05, 0) is 49.8 Å². The number of hydrogen-bond donors (Lipinski definition) is 1. The lowest BCUT2D eigenvalue weighted by atomic mass is 9.77. The van der Waals surface area contributed by atoms with Crippen molar-refractivity contribution in [2.45, 2.75) is 69.0 Å². The number of carbonyl (C=O) groups excluding carboxylic acids is 1. The molecule has 3 rings (SSSR count). The van der Waals surface area contributed by atoms with Crippen LogP contribution in [-0.2, 0) is 10.2 Å². The Balaban J connectivity index is 1.74. The summed E-state index contributed by atoms with van der Waals surface area (Å²) in [6, 6.07) is 7.37. The summed E-state index contributed by atoms with van der Waals surface area (Å²) >= 11 is 3.41. The number of nitrogens with one attached hydrogen (secondary N) is 1. The molecule has 2 aliphatic carbocycles. The Labute approximate surface area is 154 Å². The Bertz CT molecular complexity index is 608. The van der Waals surface area contributed by atoms with E-state index in [4.69, 9.17) is 0 Å². The van der Waals surface area contributed by atoms with Crippen LogP contribution < -0.4 is 5.32 Å². The molecule has 2 atom stereocenters. The van der Waals surface area contributed by atoms with Crippen LogP contribution >= 0.6 is 15.9 Å². The van der Waals surface area contributed by atoms with Crippen LogP contribution in [0.4, 0.5) is 13.2 Å². The molecule has 2 saturated carbocycles. The lowest BCUT2D eigenvalue weighted by Crippen LogP contribution is -2.49. The number of rotatable bonds is 3. The Kier molecular flexibility index (Phi) is 5.47. The summed E-state index contributed by atoms with van der Waals surface area (Å²) in [5.41, 5.74) is 0.375. The molecule has 6 heteroatoms. The highest BCUT2D eigenvalue weighted by atomic mass is 79.9. The minimum atomic E-state index is -4.17. The molecule has 2 nitrogen and oxygen atoms in total. The van der Waals surface area contributed by atoms with Gasteiger partial charge in [0.25, 0.3) is 0 Å². The normalized spacial score (nSPS) is 26.4. The van der Waals surface area contributed by atoms with E-state index in [0.29, 0.717) is 12.8 Å². The van der Waals surface area contributed by atoms with Crippen molar-refractivity contribution in [3.63, 3.8) is 0 Å². The van der Waals surface area contributed by atoms with Gasteiger partial charge in [0.2, 0.25) is 5.91 Å². The van der Waals surface area contributed by atoms with Gasteiger partial charge in [-0.25, -0.2) is 0 Å². The molecule has 25 heavy (non-hydrogen) atoms. The number of carbonyl (C=O) groups is 1. The maximum absolute atomic E-state index is 13.1. The van der Waals surface area contributed by atoms with E-state index in [9.17, 15) is 18.0 Å². The summed E-state index contributed by atoms with van der Waals surface area (Å²) in [6.45, 7) is 0. The van der Waals surface area contributed by atoms with Crippen molar-refractivity contribution >= 4 is 21.8 Å². The minimum Gasteiger partial charge on any atom is -0.353 e. The molecule has 0 spiro atoms. The predicted molar refractivity (Wildman–Crippen MR) is 94.2 cm³/mol. The van der Waals surface area contributed by atoms with Gasteiger partial charge < -0.3 is 5.32 Å². The van der Waals surface area contributed by atoms with E-state index < -0.39 is 17.5 Å². The molecule has 1 aromatic carbocycles. The molecule has 0 aromatic heterocycles. The summed E-state index contributed by atoms with van der Waals surface area (Å²) in [5, 5.41) is 2.97. The molecular weight excluding hydrogens is 395 g/mol. The van der Waals surface area contributed by atoms with E-state index in [2.05, 4.69) is 21.2 Å². The van der Waals surface area contributed by atoms with Crippen molar-refractivity contribution in [1.82, 2.24) is 5.32 Å². The summed E-state index contributed by atoms with van der Waals surface area (Å²) < 4.78 is 40.0. The van der Waals surface area contributed by atoms with E-state index in [-0.39, 0.29) is 24.8 Å². The molecule has 0 radical (unpaired) electrons. The fourth-order valence-electron chi connectivity index (χ4n) is 4.34. The highest BCUT2D eigenvalue weighted by molar-refractivity contribution is 9.10. The first-order chi connectivity index (χ1) is 11.8. The highest BCUT2D eigenvalue weighted by Crippen LogP contribution is 2.43. The first kappa shape index (κ1) is 18.7. The van der Waals surface area contributed by atoms with Crippen molar-refractivity contribution < 1.29 is 18.0 Å². The average molecular weight is 418 g/mol. The summed E-state index contributed by atoms with van der Waals surface area (Å²) in [5.74, 6) is -1.39. The standard InChI is InChI=1S/C19H23BrF3NO/c20-15-8-6-13(7-9-15)18(10-1-2-11-18)17(25)24-16-5-3-4-14(12-16)19(21,22)23/h6-9,14,16H,1-5,10-12H2,(H,24,25). The third-order valence-electron chi connectivity index (χ3n) is 5.76. The Morgan fingerprint density at radius 1 is 1.08 bits per heavy atom. The van der Waals surface area contributed by atoms with Crippen molar-refractivity contribution in [2.24, 2.45) is 5.92 Å². The fourth-order valence-corrected chi connectivity index (χ4v) is 4.60. The number of benzene rings is 1. The van der Waals surface area contributed by atoms with Gasteiger partial charge in [0.1, 0.15) is 0 Å². The van der Waals surface area contributed by atoms with Crippen molar-refractivity contribution in [3.8, 4) is 0 Å². The SMILES string of the molecule is O=C(NC1CCCC(C(F)(F)F)C1)C1(c2ccc(Br)cc2)CCCC1. The zero-order valence-corrected chi connectivity index (χ0v) is 15.6. The van der Waals surface area contributed by atoms with Crippen LogP contribution in [0.3, 0.4) is 0 Å². The lowest BCUT2D eigenvalue weighted by molar-refractivity contribution is -0.184. The largest absolute Gasteiger partial charge is 0.391 e. The minimum absolute atomic E-state index is 0.00561. The molecular formula is C19H23BrF3NO. The molecule has 1 amide bonds. The maximum atomic E-state index is 13.1. The van der Waals surface area contributed by atoms with Crippen molar-refractivity contribution in [1.29, 1.82) is 0 Å². The molecule has 1 aromatic rings. The van der Waals surface area contributed by atoms with Gasteiger partial charge in [0.15, 0.2) is 0 Å². The smallest absolute Gasteiger partial charge is 0.353 e. The number of alkyl halides is 3. The van der Waals surface area contributed by atoms with Gasteiger partial charge >= 0.3 is 6.18 Å². The number of halogens is 4. The molecule has 2 fully saturated rings. The van der Waals surface area contributed by atoms with Crippen molar-refractivity contribution in [3.05, 3.63) is 34.3 Å². The third kappa shape index (κ3) is 4.04. The summed E-state index contributed by atoms with van der Waals surface area (Å²) in [7, 11) is 0. The molecule has 0 aliphatic heterocycles. The van der Waals surface area contributed by atoms with Gasteiger partial charge in [0.05, 0.1) is 11.3 Å². The van der Waals surface area contributed by atoms with E-state index in [0.717, 1.165) is 35.7 Å². The van der Waals surface area contributed by atoms with Gasteiger partial charge in [-0.15, -0.1) is 0 Å². The molecule has 0 bridgehead atoms. The number of hydrogen-bond acceptors (Lipinski definition) is 1. The molecule has 138 valence electrons. The van der Waals surface area contributed by atoms with Crippen LogP contribution in [0.25, 0.3) is 0 Å². The zero-order chi connectivity index (χ0) is 18.1. The van der Waals surface area contributed by atoms with E-state index in [1.807, 2.05) is 24.3 Å². The molecule has 1 N–H and O–H groups in total. The second-order valence-corrected chi connectivity index (χ2v) is 8.29. The zero-order valence-electron chi connectivity index (χ0n) is 14.0.